The van der Waals surface area contributed by atoms with Crippen molar-refractivity contribution in [3.8, 4) is 0 Å². The SMILES string of the molecule is CC(C)(C)CC(=O)N[C@H](C[C@@H]1CCCCN1CCc1ccccc1)c1ccccn1. The molecular formula is C26H37N3O. The molecule has 2 aromatic rings. The number of likely N-dealkylation sites (tertiary alicyclic amines) is 1. The number of carbonyl (C=O) groups excluding carboxylic acids is 1. The van der Waals surface area contributed by atoms with Crippen LogP contribution in [0.2, 0.25) is 0 Å². The number of pyridine rings is 1. The van der Waals surface area contributed by atoms with Gasteiger partial charge in [-0.15, -0.1) is 0 Å². The molecule has 2 atom stereocenters. The average Bonchev–Trinajstić information content (AvgIpc) is 2.73. The summed E-state index contributed by atoms with van der Waals surface area (Å²) in [6.07, 6.45) is 8.05. The van der Waals surface area contributed by atoms with Gasteiger partial charge in [0.2, 0.25) is 5.91 Å². The molecule has 1 amide bonds. The van der Waals surface area contributed by atoms with Gasteiger partial charge in [-0.2, -0.15) is 0 Å². The third-order valence-corrected chi connectivity index (χ3v) is 5.86. The fraction of sp³-hybridized carbons (Fsp3) is 0.538. The molecule has 4 heteroatoms. The number of aromatic nitrogens is 1. The third kappa shape index (κ3) is 7.24. The summed E-state index contributed by atoms with van der Waals surface area (Å²) in [5.74, 6) is 0.116. The van der Waals surface area contributed by atoms with Crippen LogP contribution >= 0.6 is 0 Å². The molecule has 0 bridgehead atoms. The maximum atomic E-state index is 12.7. The number of benzene rings is 1. The fourth-order valence-electron chi connectivity index (χ4n) is 4.37. The minimum atomic E-state index is -0.0385. The quantitative estimate of drug-likeness (QED) is 0.657. The normalized spacial score (nSPS) is 18.7. The number of nitrogens with one attached hydrogen (secondary N) is 1. The Labute approximate surface area is 182 Å². The molecule has 1 aromatic carbocycles. The van der Waals surface area contributed by atoms with E-state index in [9.17, 15) is 4.79 Å². The van der Waals surface area contributed by atoms with Gasteiger partial charge in [0, 0.05) is 25.2 Å². The van der Waals surface area contributed by atoms with E-state index in [1.54, 1.807) is 0 Å². The van der Waals surface area contributed by atoms with E-state index < -0.39 is 0 Å². The predicted octanol–water partition coefficient (Wildman–Crippen LogP) is 5.16. The van der Waals surface area contributed by atoms with Crippen LogP contribution in [0.3, 0.4) is 0 Å². The Kier molecular flexibility index (Phi) is 8.03. The van der Waals surface area contributed by atoms with Crippen LogP contribution in [0.25, 0.3) is 0 Å². The van der Waals surface area contributed by atoms with E-state index in [0.717, 1.165) is 31.6 Å². The number of hydrogen-bond acceptors (Lipinski definition) is 3. The van der Waals surface area contributed by atoms with Gasteiger partial charge in [-0.05, 0) is 55.3 Å². The molecule has 4 nitrogen and oxygen atoms in total. The van der Waals surface area contributed by atoms with Crippen LogP contribution in [0.5, 0.6) is 0 Å². The van der Waals surface area contributed by atoms with Gasteiger partial charge in [0.25, 0.3) is 0 Å². The Morgan fingerprint density at radius 1 is 1.13 bits per heavy atom. The maximum absolute atomic E-state index is 12.7. The van der Waals surface area contributed by atoms with E-state index in [1.165, 1.54) is 24.8 Å². The average molecular weight is 408 g/mol. The molecule has 0 radical (unpaired) electrons. The predicted molar refractivity (Wildman–Crippen MR) is 123 cm³/mol. The van der Waals surface area contributed by atoms with Crippen LogP contribution in [-0.4, -0.2) is 34.9 Å². The second-order valence-corrected chi connectivity index (χ2v) is 9.77. The summed E-state index contributed by atoms with van der Waals surface area (Å²) in [5.41, 5.74) is 2.33. The van der Waals surface area contributed by atoms with Gasteiger partial charge < -0.3 is 5.32 Å². The van der Waals surface area contributed by atoms with Crippen molar-refractivity contribution in [1.29, 1.82) is 0 Å². The van der Waals surface area contributed by atoms with Crippen LogP contribution in [0.1, 0.15) is 70.2 Å². The van der Waals surface area contributed by atoms with Crippen molar-refractivity contribution in [1.82, 2.24) is 15.2 Å². The van der Waals surface area contributed by atoms with E-state index in [1.807, 2.05) is 24.4 Å². The highest BCUT2D eigenvalue weighted by Crippen LogP contribution is 2.27. The number of carbonyl (C=O) groups is 1. The molecule has 1 aliphatic heterocycles. The Hall–Kier alpha value is -2.20. The van der Waals surface area contributed by atoms with Gasteiger partial charge in [0.05, 0.1) is 11.7 Å². The summed E-state index contributed by atoms with van der Waals surface area (Å²) >= 11 is 0. The lowest BCUT2D eigenvalue weighted by Gasteiger charge is -2.38. The number of nitrogens with zero attached hydrogens (tertiary/aromatic N) is 2. The minimum Gasteiger partial charge on any atom is -0.348 e. The Balaban J connectivity index is 1.68. The Morgan fingerprint density at radius 2 is 1.90 bits per heavy atom. The zero-order chi connectivity index (χ0) is 21.4. The van der Waals surface area contributed by atoms with Gasteiger partial charge >= 0.3 is 0 Å². The molecule has 0 saturated carbocycles. The van der Waals surface area contributed by atoms with Gasteiger partial charge in [-0.1, -0.05) is 63.6 Å². The van der Waals surface area contributed by atoms with Crippen LogP contribution in [0.15, 0.2) is 54.7 Å². The highest BCUT2D eigenvalue weighted by molar-refractivity contribution is 5.77. The van der Waals surface area contributed by atoms with Gasteiger partial charge in [0.15, 0.2) is 0 Å². The molecule has 1 fully saturated rings. The zero-order valence-electron chi connectivity index (χ0n) is 18.8. The number of rotatable bonds is 8. The molecule has 1 aliphatic rings. The van der Waals surface area contributed by atoms with E-state index in [4.69, 9.17) is 0 Å². The molecule has 1 N–H and O–H groups in total. The van der Waals surface area contributed by atoms with Crippen LogP contribution in [0, 0.1) is 5.41 Å². The molecule has 1 saturated heterocycles. The van der Waals surface area contributed by atoms with Gasteiger partial charge in [-0.25, -0.2) is 0 Å². The lowest BCUT2D eigenvalue weighted by atomic mass is 9.90. The van der Waals surface area contributed by atoms with Crippen molar-refractivity contribution in [3.63, 3.8) is 0 Å². The topological polar surface area (TPSA) is 45.2 Å². The minimum absolute atomic E-state index is 0.0225. The molecule has 0 unspecified atom stereocenters. The van der Waals surface area contributed by atoms with E-state index in [0.29, 0.717) is 12.5 Å². The number of piperidine rings is 1. The maximum Gasteiger partial charge on any atom is 0.221 e. The third-order valence-electron chi connectivity index (χ3n) is 5.86. The number of hydrogen-bond donors (Lipinski definition) is 1. The van der Waals surface area contributed by atoms with E-state index in [-0.39, 0.29) is 17.4 Å². The van der Waals surface area contributed by atoms with Crippen LogP contribution < -0.4 is 5.32 Å². The van der Waals surface area contributed by atoms with Crippen molar-refractivity contribution in [2.24, 2.45) is 5.41 Å². The lowest BCUT2D eigenvalue weighted by molar-refractivity contribution is -0.123. The van der Waals surface area contributed by atoms with E-state index in [2.05, 4.69) is 66.3 Å². The van der Waals surface area contributed by atoms with Gasteiger partial charge in [-0.3, -0.25) is 14.7 Å². The summed E-state index contributed by atoms with van der Waals surface area (Å²) < 4.78 is 0. The summed E-state index contributed by atoms with van der Waals surface area (Å²) in [6, 6.07) is 17.2. The largest absolute Gasteiger partial charge is 0.348 e. The highest BCUT2D eigenvalue weighted by Gasteiger charge is 2.28. The summed E-state index contributed by atoms with van der Waals surface area (Å²) in [7, 11) is 0. The Morgan fingerprint density at radius 3 is 2.60 bits per heavy atom. The second-order valence-electron chi connectivity index (χ2n) is 9.77. The summed E-state index contributed by atoms with van der Waals surface area (Å²) in [6.45, 7) is 8.53. The first kappa shape index (κ1) is 22.5. The molecule has 162 valence electrons. The van der Waals surface area contributed by atoms with E-state index >= 15 is 0 Å². The molecule has 3 rings (SSSR count). The second kappa shape index (κ2) is 10.7. The van der Waals surface area contributed by atoms with Crippen LogP contribution in [-0.2, 0) is 11.2 Å². The monoisotopic (exact) mass is 407 g/mol. The molecular weight excluding hydrogens is 370 g/mol. The van der Waals surface area contributed by atoms with Crippen molar-refractivity contribution in [3.05, 3.63) is 66.0 Å². The van der Waals surface area contributed by atoms with Crippen molar-refractivity contribution in [2.75, 3.05) is 13.1 Å². The molecule has 1 aromatic heterocycles. The number of amides is 1. The molecule has 30 heavy (non-hydrogen) atoms. The van der Waals surface area contributed by atoms with Crippen molar-refractivity contribution in [2.45, 2.75) is 71.4 Å². The Bertz CT molecular complexity index is 770. The molecule has 0 aliphatic carbocycles. The standard InChI is InChI=1S/C26H37N3O/c1-26(2,3)20-25(30)28-24(23-14-7-9-16-27-23)19-22-13-8-10-17-29(22)18-15-21-11-5-4-6-12-21/h4-7,9,11-12,14,16,22,24H,8,10,13,15,17-20H2,1-3H3,(H,28,30)/t22-,24+/m0/s1. The highest BCUT2D eigenvalue weighted by atomic mass is 16.1. The van der Waals surface area contributed by atoms with Crippen molar-refractivity contribution >= 4 is 5.91 Å². The van der Waals surface area contributed by atoms with Crippen LogP contribution in [0.4, 0.5) is 0 Å². The summed E-state index contributed by atoms with van der Waals surface area (Å²) in [4.78, 5) is 19.9. The van der Waals surface area contributed by atoms with Gasteiger partial charge in [0.1, 0.15) is 0 Å². The zero-order valence-corrected chi connectivity index (χ0v) is 18.8. The first-order valence-electron chi connectivity index (χ1n) is 11.4. The molecule has 0 spiro atoms. The smallest absolute Gasteiger partial charge is 0.221 e. The van der Waals surface area contributed by atoms with Crippen molar-refractivity contribution < 1.29 is 4.79 Å². The fourth-order valence-corrected chi connectivity index (χ4v) is 4.37. The molecule has 2 heterocycles. The first-order chi connectivity index (χ1) is 14.4. The summed E-state index contributed by atoms with van der Waals surface area (Å²) in [5, 5.41) is 3.30. The first-order valence-corrected chi connectivity index (χ1v) is 11.4. The lowest BCUT2D eigenvalue weighted by Crippen LogP contribution is -2.44.